The predicted octanol–water partition coefficient (Wildman–Crippen LogP) is 5.44. The molecule has 1 aliphatic rings. The third-order valence-corrected chi connectivity index (χ3v) is 6.93. The average molecular weight is 451 g/mol. The van der Waals surface area contributed by atoms with E-state index in [9.17, 15) is 4.79 Å². The fourth-order valence-corrected chi connectivity index (χ4v) is 4.93. The maximum absolute atomic E-state index is 12.8. The van der Waals surface area contributed by atoms with Crippen molar-refractivity contribution in [1.29, 1.82) is 0 Å². The van der Waals surface area contributed by atoms with E-state index < -0.39 is 0 Å². The minimum absolute atomic E-state index is 0.212. The summed E-state index contributed by atoms with van der Waals surface area (Å²) in [4.78, 5) is 23.9. The van der Waals surface area contributed by atoms with Crippen LogP contribution in [0.2, 0.25) is 0 Å². The highest BCUT2D eigenvalue weighted by atomic mass is 32.1. The van der Waals surface area contributed by atoms with Crippen LogP contribution in [0, 0.1) is 0 Å². The number of ether oxygens (including phenoxy) is 1. The summed E-state index contributed by atoms with van der Waals surface area (Å²) in [5.74, 6) is 0.936. The van der Waals surface area contributed by atoms with Crippen LogP contribution in [0.1, 0.15) is 55.6 Å². The van der Waals surface area contributed by atoms with Crippen molar-refractivity contribution in [2.75, 3.05) is 25.5 Å². The molecule has 3 aromatic rings. The molecular weight excluding hydrogens is 420 g/mol. The van der Waals surface area contributed by atoms with Gasteiger partial charge in [-0.25, -0.2) is 4.98 Å². The van der Waals surface area contributed by atoms with Crippen molar-refractivity contribution in [3.8, 4) is 16.3 Å². The average Bonchev–Trinajstić information content (AvgIpc) is 3.30. The number of methoxy groups -OCH3 is 1. The van der Waals surface area contributed by atoms with Crippen LogP contribution in [0.25, 0.3) is 10.6 Å². The zero-order valence-electron chi connectivity index (χ0n) is 19.1. The lowest BCUT2D eigenvalue weighted by Crippen LogP contribution is -2.45. The normalized spacial score (nSPS) is 15.5. The second-order valence-electron chi connectivity index (χ2n) is 9.13. The lowest BCUT2D eigenvalue weighted by molar-refractivity contribution is 0.102. The van der Waals surface area contributed by atoms with Gasteiger partial charge in [0.15, 0.2) is 0 Å². The summed E-state index contributed by atoms with van der Waals surface area (Å²) in [7, 11) is 1.64. The van der Waals surface area contributed by atoms with E-state index in [1.165, 1.54) is 16.9 Å². The molecule has 1 aliphatic heterocycles. The number of hydrogen-bond donors (Lipinski definition) is 1. The Labute approximate surface area is 193 Å². The molecule has 6 nitrogen and oxygen atoms in total. The maximum Gasteiger partial charge on any atom is 0.275 e. The van der Waals surface area contributed by atoms with E-state index in [0.717, 1.165) is 36.5 Å². The van der Waals surface area contributed by atoms with Crippen molar-refractivity contribution in [2.45, 2.75) is 45.1 Å². The molecule has 0 atom stereocenters. The fraction of sp³-hybridized carbons (Fsp3) is 0.400. The van der Waals surface area contributed by atoms with Crippen LogP contribution in [-0.4, -0.2) is 46.5 Å². The predicted molar refractivity (Wildman–Crippen MR) is 130 cm³/mol. The number of rotatable bonds is 5. The van der Waals surface area contributed by atoms with Crippen LogP contribution in [-0.2, 0) is 0 Å². The van der Waals surface area contributed by atoms with E-state index in [2.05, 4.69) is 53.1 Å². The highest BCUT2D eigenvalue weighted by Crippen LogP contribution is 2.35. The number of carbonyl (C=O) groups excluding carboxylic acids is 1. The number of amides is 1. The van der Waals surface area contributed by atoms with Gasteiger partial charge in [0.05, 0.1) is 12.8 Å². The first kappa shape index (κ1) is 22.4. The Kier molecular flexibility index (Phi) is 6.58. The summed E-state index contributed by atoms with van der Waals surface area (Å²) in [6.07, 6.45) is 5.72. The Bertz CT molecular complexity index is 1070. The third kappa shape index (κ3) is 5.00. The number of nitrogens with one attached hydrogen (secondary N) is 1. The Morgan fingerprint density at radius 2 is 2.00 bits per heavy atom. The van der Waals surface area contributed by atoms with E-state index in [4.69, 9.17) is 4.74 Å². The molecule has 1 amide bonds. The first-order valence-corrected chi connectivity index (χ1v) is 11.8. The molecule has 32 heavy (non-hydrogen) atoms. The number of likely N-dealkylation sites (tertiary alicyclic amines) is 1. The number of benzene rings is 1. The molecule has 0 aliphatic carbocycles. The summed E-state index contributed by atoms with van der Waals surface area (Å²) in [6, 6.07) is 9.90. The molecule has 0 spiro atoms. The van der Waals surface area contributed by atoms with Gasteiger partial charge in [0.2, 0.25) is 0 Å². The molecule has 1 N–H and O–H groups in total. The third-order valence-electron chi connectivity index (χ3n) is 6.03. The van der Waals surface area contributed by atoms with E-state index in [1.54, 1.807) is 24.9 Å². The second kappa shape index (κ2) is 9.38. The van der Waals surface area contributed by atoms with Crippen LogP contribution >= 0.6 is 11.3 Å². The van der Waals surface area contributed by atoms with Crippen molar-refractivity contribution in [1.82, 2.24) is 14.9 Å². The zero-order chi connectivity index (χ0) is 22.7. The molecule has 2 aromatic heterocycles. The number of pyridine rings is 1. The first-order valence-electron chi connectivity index (χ1n) is 11.0. The molecule has 7 heteroatoms. The minimum Gasteiger partial charge on any atom is -0.495 e. The summed E-state index contributed by atoms with van der Waals surface area (Å²) >= 11 is 1.43. The molecule has 0 bridgehead atoms. The maximum atomic E-state index is 12.8. The van der Waals surface area contributed by atoms with Crippen molar-refractivity contribution in [3.63, 3.8) is 0 Å². The molecule has 0 radical (unpaired) electrons. The summed E-state index contributed by atoms with van der Waals surface area (Å²) in [5, 5.41) is 5.49. The van der Waals surface area contributed by atoms with Gasteiger partial charge in [0.25, 0.3) is 5.91 Å². The van der Waals surface area contributed by atoms with Crippen LogP contribution in [0.15, 0.2) is 48.1 Å². The van der Waals surface area contributed by atoms with Crippen molar-refractivity contribution in [3.05, 3.63) is 59.4 Å². The summed E-state index contributed by atoms with van der Waals surface area (Å²) < 4.78 is 5.61. The quantitative estimate of drug-likeness (QED) is 0.560. The van der Waals surface area contributed by atoms with Gasteiger partial charge in [-0.1, -0.05) is 6.07 Å². The van der Waals surface area contributed by atoms with Crippen LogP contribution in [0.3, 0.4) is 0 Å². The standard InChI is InChI=1S/C25H30N4O2S/c1-25(2,3)29-12-9-17(10-13-29)18-7-8-20(22(14-18)31-4)27-23(30)21-16-32-24(28-21)19-6-5-11-26-15-19/h5-8,11,14-17H,9-10,12-13H2,1-4H3,(H,27,30). The van der Waals surface area contributed by atoms with Gasteiger partial charge >= 0.3 is 0 Å². The number of hydrogen-bond acceptors (Lipinski definition) is 6. The first-order chi connectivity index (χ1) is 15.3. The largest absolute Gasteiger partial charge is 0.495 e. The SMILES string of the molecule is COc1cc(C2CCN(C(C)(C)C)CC2)ccc1NC(=O)c1csc(-c2cccnc2)n1. The number of thiazole rings is 1. The van der Waals surface area contributed by atoms with E-state index >= 15 is 0 Å². The number of carbonyl (C=O) groups is 1. The number of anilines is 1. The van der Waals surface area contributed by atoms with Crippen molar-refractivity contribution in [2.24, 2.45) is 0 Å². The summed E-state index contributed by atoms with van der Waals surface area (Å²) in [5.41, 5.74) is 3.42. The number of nitrogens with zero attached hydrogens (tertiary/aromatic N) is 3. The molecule has 1 aromatic carbocycles. The molecule has 0 unspecified atom stereocenters. The summed E-state index contributed by atoms with van der Waals surface area (Å²) in [6.45, 7) is 9.01. The minimum atomic E-state index is -0.249. The molecular formula is C25H30N4O2S. The van der Waals surface area contributed by atoms with Crippen LogP contribution in [0.4, 0.5) is 5.69 Å². The smallest absolute Gasteiger partial charge is 0.275 e. The molecule has 3 heterocycles. The van der Waals surface area contributed by atoms with Gasteiger partial charge in [-0.05, 0) is 82.4 Å². The molecule has 1 fully saturated rings. The molecule has 4 rings (SSSR count). The van der Waals surface area contributed by atoms with Crippen molar-refractivity contribution < 1.29 is 9.53 Å². The van der Waals surface area contributed by atoms with Gasteiger partial charge in [0.1, 0.15) is 16.5 Å². The van der Waals surface area contributed by atoms with E-state index in [-0.39, 0.29) is 11.4 Å². The van der Waals surface area contributed by atoms with Crippen molar-refractivity contribution >= 4 is 22.9 Å². The topological polar surface area (TPSA) is 67.3 Å². The van der Waals surface area contributed by atoms with Gasteiger partial charge in [-0.2, -0.15) is 0 Å². The van der Waals surface area contributed by atoms with Gasteiger partial charge in [-0.15, -0.1) is 11.3 Å². The highest BCUT2D eigenvalue weighted by molar-refractivity contribution is 7.13. The Balaban J connectivity index is 1.45. The Morgan fingerprint density at radius 1 is 1.22 bits per heavy atom. The lowest BCUT2D eigenvalue weighted by Gasteiger charge is -2.41. The van der Waals surface area contributed by atoms with Gasteiger partial charge in [-0.3, -0.25) is 14.7 Å². The second-order valence-corrected chi connectivity index (χ2v) is 9.98. The lowest BCUT2D eigenvalue weighted by atomic mass is 9.87. The number of piperidine rings is 1. The molecule has 1 saturated heterocycles. The van der Waals surface area contributed by atoms with Crippen LogP contribution < -0.4 is 10.1 Å². The van der Waals surface area contributed by atoms with E-state index in [0.29, 0.717) is 23.0 Å². The zero-order valence-corrected chi connectivity index (χ0v) is 19.9. The fourth-order valence-electron chi connectivity index (χ4n) is 4.13. The highest BCUT2D eigenvalue weighted by Gasteiger charge is 2.28. The number of aromatic nitrogens is 2. The molecule has 168 valence electrons. The Hall–Kier alpha value is -2.77. The van der Waals surface area contributed by atoms with Crippen LogP contribution in [0.5, 0.6) is 5.75 Å². The Morgan fingerprint density at radius 3 is 2.66 bits per heavy atom. The van der Waals surface area contributed by atoms with Gasteiger partial charge in [0, 0.05) is 28.9 Å². The molecule has 0 saturated carbocycles. The monoisotopic (exact) mass is 450 g/mol. The van der Waals surface area contributed by atoms with E-state index in [1.807, 2.05) is 18.2 Å². The van der Waals surface area contributed by atoms with Gasteiger partial charge < -0.3 is 10.1 Å².